The second kappa shape index (κ2) is 62.9. The fourth-order valence-corrected chi connectivity index (χ4v) is 9.61. The summed E-state index contributed by atoms with van der Waals surface area (Å²) in [6.07, 6.45) is 78.6. The molecule has 0 saturated carbocycles. The summed E-state index contributed by atoms with van der Waals surface area (Å²) in [6, 6.07) is 0. The van der Waals surface area contributed by atoms with E-state index in [0.29, 0.717) is 19.3 Å². The molecular weight excluding hydrogens is 913 g/mol. The first-order valence-electron chi connectivity index (χ1n) is 32.6. The molecule has 0 N–H and O–H groups in total. The Morgan fingerprint density at radius 1 is 0.270 bits per heavy atom. The minimum absolute atomic E-state index is 0.0707. The van der Waals surface area contributed by atoms with Crippen LogP contribution in [0.15, 0.2) is 48.6 Å². The Balaban J connectivity index is 4.03. The predicted octanol–water partition coefficient (Wildman–Crippen LogP) is 22.2. The molecule has 0 aromatic rings. The first-order valence-corrected chi connectivity index (χ1v) is 32.6. The minimum Gasteiger partial charge on any atom is -0.462 e. The zero-order valence-corrected chi connectivity index (χ0v) is 49.6. The van der Waals surface area contributed by atoms with E-state index in [-0.39, 0.29) is 31.1 Å². The number of hydrogen-bond acceptors (Lipinski definition) is 6. The van der Waals surface area contributed by atoms with Gasteiger partial charge in [0.25, 0.3) is 0 Å². The lowest BCUT2D eigenvalue weighted by Gasteiger charge is -2.18. The molecule has 0 aliphatic carbocycles. The number of rotatable bonds is 60. The van der Waals surface area contributed by atoms with Gasteiger partial charge in [-0.05, 0) is 77.0 Å². The van der Waals surface area contributed by atoms with Crippen LogP contribution in [-0.2, 0) is 28.6 Å². The van der Waals surface area contributed by atoms with Gasteiger partial charge >= 0.3 is 17.9 Å². The highest BCUT2D eigenvalue weighted by molar-refractivity contribution is 5.71. The van der Waals surface area contributed by atoms with Crippen molar-refractivity contribution >= 4 is 17.9 Å². The monoisotopic (exact) mass is 1040 g/mol. The molecule has 6 heteroatoms. The molecule has 0 aromatic carbocycles. The molecule has 0 spiro atoms. The van der Waals surface area contributed by atoms with E-state index >= 15 is 0 Å². The Hall–Kier alpha value is -2.63. The highest BCUT2D eigenvalue weighted by Crippen LogP contribution is 2.17. The maximum absolute atomic E-state index is 12.8. The van der Waals surface area contributed by atoms with Gasteiger partial charge in [0.15, 0.2) is 6.10 Å². The predicted molar refractivity (Wildman–Crippen MR) is 321 cm³/mol. The molecule has 0 bridgehead atoms. The largest absolute Gasteiger partial charge is 0.462 e. The summed E-state index contributed by atoms with van der Waals surface area (Å²) in [5, 5.41) is 0. The van der Waals surface area contributed by atoms with Crippen LogP contribution in [-0.4, -0.2) is 37.2 Å². The summed E-state index contributed by atoms with van der Waals surface area (Å²) < 4.78 is 16.9. The standard InChI is InChI=1S/C68H124O6/c1-4-7-10-13-16-19-22-24-25-26-27-28-29-30-31-32-33-34-35-36-37-38-39-40-41-42-43-44-47-49-52-55-58-61-67(70)73-64-65(63-72-66(69)60-57-54-51-48-45-21-18-15-12-9-6-3)74-68(71)62-59-56-53-50-46-23-20-17-14-11-8-5-2/h15,18,22,24,26-27,29-30,65H,4-14,16-17,19-21,23,25,28,31-64H2,1-3H3/b18-15-,24-22-,27-26-,30-29-. The Labute approximate surface area is 460 Å². The number of allylic oxidation sites excluding steroid dienone is 8. The Bertz CT molecular complexity index is 1280. The average Bonchev–Trinajstić information content (AvgIpc) is 3.40. The average molecular weight is 1040 g/mol. The van der Waals surface area contributed by atoms with Gasteiger partial charge in [0.1, 0.15) is 13.2 Å². The van der Waals surface area contributed by atoms with Gasteiger partial charge in [0.2, 0.25) is 0 Å². The quantitative estimate of drug-likeness (QED) is 0.0261. The van der Waals surface area contributed by atoms with Gasteiger partial charge in [-0.15, -0.1) is 0 Å². The zero-order valence-electron chi connectivity index (χ0n) is 49.6. The molecule has 0 heterocycles. The third kappa shape index (κ3) is 60.2. The first-order chi connectivity index (χ1) is 36.5. The van der Waals surface area contributed by atoms with Crippen LogP contribution in [0.25, 0.3) is 0 Å². The summed E-state index contributed by atoms with van der Waals surface area (Å²) in [5.74, 6) is -0.863. The molecule has 1 unspecified atom stereocenters. The van der Waals surface area contributed by atoms with Crippen LogP contribution in [0.1, 0.15) is 348 Å². The highest BCUT2D eigenvalue weighted by atomic mass is 16.6. The number of hydrogen-bond donors (Lipinski definition) is 0. The van der Waals surface area contributed by atoms with E-state index in [1.54, 1.807) is 0 Å². The lowest BCUT2D eigenvalue weighted by Crippen LogP contribution is -2.30. The number of carbonyl (C=O) groups is 3. The highest BCUT2D eigenvalue weighted by Gasteiger charge is 2.19. The van der Waals surface area contributed by atoms with Crippen molar-refractivity contribution in [1.29, 1.82) is 0 Å². The lowest BCUT2D eigenvalue weighted by molar-refractivity contribution is -0.167. The zero-order chi connectivity index (χ0) is 53.6. The van der Waals surface area contributed by atoms with Crippen LogP contribution in [0.3, 0.4) is 0 Å². The van der Waals surface area contributed by atoms with E-state index in [2.05, 4.69) is 69.4 Å². The molecule has 0 radical (unpaired) electrons. The molecule has 0 aromatic heterocycles. The first kappa shape index (κ1) is 71.4. The van der Waals surface area contributed by atoms with Gasteiger partial charge < -0.3 is 14.2 Å². The van der Waals surface area contributed by atoms with E-state index in [9.17, 15) is 14.4 Å². The molecule has 432 valence electrons. The second-order valence-electron chi connectivity index (χ2n) is 22.0. The van der Waals surface area contributed by atoms with Gasteiger partial charge in [-0.1, -0.05) is 301 Å². The molecule has 0 aliphatic rings. The maximum Gasteiger partial charge on any atom is 0.306 e. The molecule has 0 saturated heterocycles. The fourth-order valence-electron chi connectivity index (χ4n) is 9.61. The lowest BCUT2D eigenvalue weighted by atomic mass is 10.0. The number of esters is 3. The Morgan fingerprint density at radius 2 is 0.500 bits per heavy atom. The van der Waals surface area contributed by atoms with E-state index in [0.717, 1.165) is 77.0 Å². The van der Waals surface area contributed by atoms with Crippen LogP contribution in [0, 0.1) is 0 Å². The van der Waals surface area contributed by atoms with E-state index in [1.165, 1.54) is 231 Å². The van der Waals surface area contributed by atoms with Crippen LogP contribution in [0.5, 0.6) is 0 Å². The molecule has 0 fully saturated rings. The maximum atomic E-state index is 12.8. The van der Waals surface area contributed by atoms with Crippen molar-refractivity contribution < 1.29 is 28.6 Å². The molecular formula is C68H124O6. The van der Waals surface area contributed by atoms with Crippen molar-refractivity contribution in [3.05, 3.63) is 48.6 Å². The molecule has 74 heavy (non-hydrogen) atoms. The van der Waals surface area contributed by atoms with Crippen LogP contribution in [0.2, 0.25) is 0 Å². The van der Waals surface area contributed by atoms with Crippen LogP contribution in [0.4, 0.5) is 0 Å². The Kier molecular flexibility index (Phi) is 60.7. The van der Waals surface area contributed by atoms with Crippen molar-refractivity contribution in [3.8, 4) is 0 Å². The van der Waals surface area contributed by atoms with Crippen molar-refractivity contribution in [2.24, 2.45) is 0 Å². The molecule has 1 atom stereocenters. The molecule has 6 nitrogen and oxygen atoms in total. The normalized spacial score (nSPS) is 12.3. The SMILES string of the molecule is CCCC/C=C\CCCCCCCC(=O)OCC(COC(=O)CCCCCCCCCCCCCCCCCCCC/C=C\C/C=C\C/C=C\CCCCCCC)OC(=O)CCCCCCCCCCCCCC. The summed E-state index contributed by atoms with van der Waals surface area (Å²) in [6.45, 7) is 6.62. The van der Waals surface area contributed by atoms with Crippen molar-refractivity contribution in [2.75, 3.05) is 13.2 Å². The van der Waals surface area contributed by atoms with Gasteiger partial charge in [-0.3, -0.25) is 14.4 Å². The molecule has 0 aliphatic heterocycles. The van der Waals surface area contributed by atoms with Crippen molar-refractivity contribution in [2.45, 2.75) is 354 Å². The number of unbranched alkanes of at least 4 members (excludes halogenated alkanes) is 41. The number of ether oxygens (including phenoxy) is 3. The van der Waals surface area contributed by atoms with Gasteiger partial charge in [0, 0.05) is 19.3 Å². The van der Waals surface area contributed by atoms with Gasteiger partial charge in [0.05, 0.1) is 0 Å². The second-order valence-corrected chi connectivity index (χ2v) is 22.0. The molecule has 0 rings (SSSR count). The van der Waals surface area contributed by atoms with Gasteiger partial charge in [-0.25, -0.2) is 0 Å². The fraction of sp³-hybridized carbons (Fsp3) is 0.838. The summed E-state index contributed by atoms with van der Waals surface area (Å²) in [5.41, 5.74) is 0. The number of carbonyl (C=O) groups excluding carboxylic acids is 3. The van der Waals surface area contributed by atoms with Crippen LogP contribution >= 0.6 is 0 Å². The minimum atomic E-state index is -0.771. The van der Waals surface area contributed by atoms with E-state index in [4.69, 9.17) is 14.2 Å². The topological polar surface area (TPSA) is 78.9 Å². The van der Waals surface area contributed by atoms with Gasteiger partial charge in [-0.2, -0.15) is 0 Å². The summed E-state index contributed by atoms with van der Waals surface area (Å²) in [7, 11) is 0. The third-order valence-corrected chi connectivity index (χ3v) is 14.6. The van der Waals surface area contributed by atoms with Crippen molar-refractivity contribution in [3.63, 3.8) is 0 Å². The summed E-state index contributed by atoms with van der Waals surface area (Å²) >= 11 is 0. The van der Waals surface area contributed by atoms with Crippen LogP contribution < -0.4 is 0 Å². The molecule has 0 amide bonds. The van der Waals surface area contributed by atoms with E-state index in [1.807, 2.05) is 0 Å². The Morgan fingerprint density at radius 3 is 0.811 bits per heavy atom. The van der Waals surface area contributed by atoms with E-state index < -0.39 is 6.10 Å². The summed E-state index contributed by atoms with van der Waals surface area (Å²) in [4.78, 5) is 38.1. The third-order valence-electron chi connectivity index (χ3n) is 14.6. The van der Waals surface area contributed by atoms with Crippen molar-refractivity contribution in [1.82, 2.24) is 0 Å². The smallest absolute Gasteiger partial charge is 0.306 e.